The predicted octanol–water partition coefficient (Wildman–Crippen LogP) is 2.82. The van der Waals surface area contributed by atoms with Gasteiger partial charge >= 0.3 is 0 Å². The van der Waals surface area contributed by atoms with Crippen LogP contribution in [0.15, 0.2) is 17.5 Å². The van der Waals surface area contributed by atoms with Crippen LogP contribution in [0.4, 0.5) is 0 Å². The Hall–Kier alpha value is -0.520. The zero-order valence-electron chi connectivity index (χ0n) is 11.1. The summed E-state index contributed by atoms with van der Waals surface area (Å²) < 4.78 is 0. The van der Waals surface area contributed by atoms with Gasteiger partial charge in [0.25, 0.3) is 0 Å². The van der Waals surface area contributed by atoms with Gasteiger partial charge in [-0.1, -0.05) is 13.0 Å². The third kappa shape index (κ3) is 5.42. The van der Waals surface area contributed by atoms with E-state index in [2.05, 4.69) is 5.32 Å². The van der Waals surface area contributed by atoms with E-state index in [1.165, 1.54) is 0 Å². The second kappa shape index (κ2) is 7.81. The molecule has 0 spiro atoms. The molecule has 0 aromatic carbocycles. The first-order valence-electron chi connectivity index (χ1n) is 6.06. The van der Waals surface area contributed by atoms with Crippen molar-refractivity contribution in [3.05, 3.63) is 22.4 Å². The standard InChI is InChI=1S/C13H21NO2S2/c1-9(14-13(16)8-10(2)17-3)7-11(15)12-5-4-6-18-12/h4-6,9-11,15H,7-8H2,1-3H3,(H,14,16). The third-order valence-corrected chi connectivity index (χ3v) is 4.68. The second-order valence-electron chi connectivity index (χ2n) is 4.49. The lowest BCUT2D eigenvalue weighted by molar-refractivity contribution is -0.121. The summed E-state index contributed by atoms with van der Waals surface area (Å²) in [5.41, 5.74) is 0. The maximum atomic E-state index is 11.7. The predicted molar refractivity (Wildman–Crippen MR) is 79.1 cm³/mol. The number of aliphatic hydroxyl groups is 1. The zero-order valence-corrected chi connectivity index (χ0v) is 12.7. The van der Waals surface area contributed by atoms with E-state index in [0.717, 1.165) is 4.88 Å². The molecule has 0 aliphatic heterocycles. The molecule has 0 aliphatic carbocycles. The van der Waals surface area contributed by atoms with Crippen LogP contribution in [0.25, 0.3) is 0 Å². The molecule has 3 unspecified atom stereocenters. The molecule has 2 N–H and O–H groups in total. The molecule has 1 heterocycles. The summed E-state index contributed by atoms with van der Waals surface area (Å²) in [4.78, 5) is 12.6. The zero-order chi connectivity index (χ0) is 13.5. The fourth-order valence-corrected chi connectivity index (χ4v) is 2.71. The molecule has 0 saturated carbocycles. The van der Waals surface area contributed by atoms with Gasteiger partial charge in [0, 0.05) is 22.6 Å². The van der Waals surface area contributed by atoms with E-state index in [-0.39, 0.29) is 11.9 Å². The number of thiophene rings is 1. The van der Waals surface area contributed by atoms with Crippen molar-refractivity contribution in [2.24, 2.45) is 0 Å². The highest BCUT2D eigenvalue weighted by Gasteiger charge is 2.16. The van der Waals surface area contributed by atoms with Crippen LogP contribution in [0.1, 0.15) is 37.7 Å². The lowest BCUT2D eigenvalue weighted by Gasteiger charge is -2.18. The largest absolute Gasteiger partial charge is 0.387 e. The molecule has 0 fully saturated rings. The molecule has 0 saturated heterocycles. The molecule has 1 rings (SSSR count). The monoisotopic (exact) mass is 287 g/mol. The second-order valence-corrected chi connectivity index (χ2v) is 6.74. The van der Waals surface area contributed by atoms with Gasteiger partial charge in [-0.15, -0.1) is 11.3 Å². The highest BCUT2D eigenvalue weighted by molar-refractivity contribution is 7.99. The molecular formula is C13H21NO2S2. The molecule has 0 radical (unpaired) electrons. The van der Waals surface area contributed by atoms with Gasteiger partial charge in [-0.2, -0.15) is 11.8 Å². The Balaban J connectivity index is 2.33. The van der Waals surface area contributed by atoms with E-state index in [9.17, 15) is 9.90 Å². The van der Waals surface area contributed by atoms with Crippen LogP contribution < -0.4 is 5.32 Å². The van der Waals surface area contributed by atoms with Crippen LogP contribution in [0.5, 0.6) is 0 Å². The Morgan fingerprint density at radius 1 is 1.56 bits per heavy atom. The molecule has 0 aliphatic rings. The number of hydrogen-bond donors (Lipinski definition) is 2. The summed E-state index contributed by atoms with van der Waals surface area (Å²) in [6.07, 6.45) is 2.60. The minimum atomic E-state index is -0.488. The summed E-state index contributed by atoms with van der Waals surface area (Å²) in [5.74, 6) is 0.0581. The van der Waals surface area contributed by atoms with Crippen molar-refractivity contribution in [3.63, 3.8) is 0 Å². The number of thioether (sulfide) groups is 1. The first-order chi connectivity index (χ1) is 8.52. The Kier molecular flexibility index (Phi) is 6.75. The first-order valence-corrected chi connectivity index (χ1v) is 8.23. The highest BCUT2D eigenvalue weighted by Crippen LogP contribution is 2.22. The first kappa shape index (κ1) is 15.5. The number of rotatable bonds is 7. The van der Waals surface area contributed by atoms with E-state index >= 15 is 0 Å². The van der Waals surface area contributed by atoms with Gasteiger partial charge < -0.3 is 10.4 Å². The fourth-order valence-electron chi connectivity index (χ4n) is 1.67. The lowest BCUT2D eigenvalue weighted by atomic mass is 10.1. The van der Waals surface area contributed by atoms with E-state index in [0.29, 0.717) is 18.1 Å². The number of hydrogen-bond acceptors (Lipinski definition) is 4. The number of carbonyl (C=O) groups excluding carboxylic acids is 1. The molecule has 102 valence electrons. The minimum Gasteiger partial charge on any atom is -0.387 e. The van der Waals surface area contributed by atoms with E-state index in [4.69, 9.17) is 0 Å². The van der Waals surface area contributed by atoms with Gasteiger partial charge in [-0.25, -0.2) is 0 Å². The summed E-state index contributed by atoms with van der Waals surface area (Å²) >= 11 is 3.22. The number of nitrogens with one attached hydrogen (secondary N) is 1. The SMILES string of the molecule is CSC(C)CC(=O)NC(C)CC(O)c1cccs1. The molecule has 1 amide bonds. The number of amides is 1. The summed E-state index contributed by atoms with van der Waals surface area (Å²) in [5, 5.41) is 15.2. The Bertz CT molecular complexity index is 354. The molecule has 1 aromatic heterocycles. The van der Waals surface area contributed by atoms with Crippen molar-refractivity contribution < 1.29 is 9.90 Å². The Morgan fingerprint density at radius 3 is 2.83 bits per heavy atom. The van der Waals surface area contributed by atoms with Crippen molar-refractivity contribution >= 4 is 29.0 Å². The highest BCUT2D eigenvalue weighted by atomic mass is 32.2. The average molecular weight is 287 g/mol. The van der Waals surface area contributed by atoms with Gasteiger partial charge in [0.05, 0.1) is 6.10 Å². The van der Waals surface area contributed by atoms with Crippen LogP contribution >= 0.6 is 23.1 Å². The molecule has 18 heavy (non-hydrogen) atoms. The van der Waals surface area contributed by atoms with Gasteiger partial charge in [-0.05, 0) is 31.0 Å². The van der Waals surface area contributed by atoms with Gasteiger partial charge in [0.2, 0.25) is 5.91 Å². The fraction of sp³-hybridized carbons (Fsp3) is 0.615. The van der Waals surface area contributed by atoms with Gasteiger partial charge in [0.15, 0.2) is 0 Å². The third-order valence-electron chi connectivity index (χ3n) is 2.73. The normalized spacial score (nSPS) is 16.0. The van der Waals surface area contributed by atoms with Crippen molar-refractivity contribution in [2.75, 3.05) is 6.26 Å². The van der Waals surface area contributed by atoms with Crippen molar-refractivity contribution in [3.8, 4) is 0 Å². The molecule has 3 nitrogen and oxygen atoms in total. The van der Waals surface area contributed by atoms with Crippen LogP contribution in [0.3, 0.4) is 0 Å². The molecule has 0 bridgehead atoms. The maximum Gasteiger partial charge on any atom is 0.221 e. The minimum absolute atomic E-state index is 0.0105. The summed E-state index contributed by atoms with van der Waals surface area (Å²) in [6.45, 7) is 3.97. The Morgan fingerprint density at radius 2 is 2.28 bits per heavy atom. The molecule has 1 aromatic rings. The summed E-state index contributed by atoms with van der Waals surface area (Å²) in [6, 6.07) is 3.83. The van der Waals surface area contributed by atoms with Gasteiger partial charge in [-0.3, -0.25) is 4.79 Å². The quantitative estimate of drug-likeness (QED) is 0.811. The summed E-state index contributed by atoms with van der Waals surface area (Å²) in [7, 11) is 0. The Labute approximate surface area is 117 Å². The van der Waals surface area contributed by atoms with E-state index in [1.54, 1.807) is 23.1 Å². The number of aliphatic hydroxyl groups excluding tert-OH is 1. The van der Waals surface area contributed by atoms with Crippen LogP contribution in [0, 0.1) is 0 Å². The van der Waals surface area contributed by atoms with Crippen molar-refractivity contribution in [1.29, 1.82) is 0 Å². The van der Waals surface area contributed by atoms with Crippen LogP contribution in [0.2, 0.25) is 0 Å². The van der Waals surface area contributed by atoms with E-state index < -0.39 is 6.10 Å². The van der Waals surface area contributed by atoms with Crippen molar-refractivity contribution in [1.82, 2.24) is 5.32 Å². The average Bonchev–Trinajstić information content (AvgIpc) is 2.81. The lowest BCUT2D eigenvalue weighted by Crippen LogP contribution is -2.34. The van der Waals surface area contributed by atoms with Crippen molar-refractivity contribution in [2.45, 2.75) is 44.1 Å². The van der Waals surface area contributed by atoms with E-state index in [1.807, 2.05) is 37.6 Å². The van der Waals surface area contributed by atoms with Crippen LogP contribution in [-0.2, 0) is 4.79 Å². The molecule has 3 atom stereocenters. The number of carbonyl (C=O) groups is 1. The van der Waals surface area contributed by atoms with Crippen LogP contribution in [-0.4, -0.2) is 28.6 Å². The smallest absolute Gasteiger partial charge is 0.221 e. The molecular weight excluding hydrogens is 266 g/mol. The topological polar surface area (TPSA) is 49.3 Å². The van der Waals surface area contributed by atoms with Gasteiger partial charge in [0.1, 0.15) is 0 Å². The molecule has 5 heteroatoms. The maximum absolute atomic E-state index is 11.7.